The van der Waals surface area contributed by atoms with Crippen LogP contribution in [0.1, 0.15) is 68.5 Å². The number of anilines is 1. The minimum atomic E-state index is -0.527. The van der Waals surface area contributed by atoms with Crippen LogP contribution in [0, 0.1) is 19.8 Å². The molecule has 3 N–H and O–H groups in total. The van der Waals surface area contributed by atoms with Crippen LogP contribution in [-0.4, -0.2) is 51.2 Å². The summed E-state index contributed by atoms with van der Waals surface area (Å²) in [7, 11) is 0. The van der Waals surface area contributed by atoms with Crippen molar-refractivity contribution in [1.82, 2.24) is 14.9 Å². The lowest BCUT2D eigenvalue weighted by atomic mass is 9.92. The molecule has 3 aliphatic rings. The van der Waals surface area contributed by atoms with Crippen LogP contribution in [0.3, 0.4) is 0 Å². The number of hydrogen-bond acceptors (Lipinski definition) is 5. The highest BCUT2D eigenvalue weighted by Crippen LogP contribution is 2.39. The van der Waals surface area contributed by atoms with Gasteiger partial charge < -0.3 is 19.7 Å². The molecule has 3 fully saturated rings. The van der Waals surface area contributed by atoms with E-state index in [0.717, 1.165) is 56.7 Å². The van der Waals surface area contributed by atoms with Gasteiger partial charge in [-0.2, -0.15) is 0 Å². The molecule has 2 aromatic rings. The van der Waals surface area contributed by atoms with Crippen molar-refractivity contribution in [3.63, 3.8) is 0 Å². The second-order valence-electron chi connectivity index (χ2n) is 9.83. The van der Waals surface area contributed by atoms with Crippen molar-refractivity contribution >= 4 is 17.0 Å². The Hall–Kier alpha value is -1.63. The first kappa shape index (κ1) is 20.3. The molecule has 0 bridgehead atoms. The van der Waals surface area contributed by atoms with Crippen molar-refractivity contribution < 1.29 is 10.2 Å². The van der Waals surface area contributed by atoms with Crippen molar-refractivity contribution in [1.29, 1.82) is 0 Å². The highest BCUT2D eigenvalue weighted by molar-refractivity contribution is 5.81. The lowest BCUT2D eigenvalue weighted by Gasteiger charge is -2.38. The molecule has 2 saturated carbocycles. The van der Waals surface area contributed by atoms with Gasteiger partial charge in [0.05, 0.1) is 17.1 Å². The van der Waals surface area contributed by atoms with Crippen molar-refractivity contribution in [2.24, 2.45) is 5.92 Å². The second-order valence-corrected chi connectivity index (χ2v) is 9.83. The molecule has 0 radical (unpaired) electrons. The van der Waals surface area contributed by atoms with E-state index < -0.39 is 6.23 Å². The number of nitrogens with zero attached hydrogens (tertiary/aromatic N) is 3. The van der Waals surface area contributed by atoms with E-state index in [1.54, 1.807) is 0 Å². The zero-order valence-corrected chi connectivity index (χ0v) is 18.3. The molecule has 164 valence electrons. The average Bonchev–Trinajstić information content (AvgIpc) is 3.25. The Morgan fingerprint density at radius 1 is 1.00 bits per heavy atom. The van der Waals surface area contributed by atoms with E-state index in [1.165, 1.54) is 35.9 Å². The summed E-state index contributed by atoms with van der Waals surface area (Å²) in [4.78, 5) is 7.51. The zero-order valence-electron chi connectivity index (χ0n) is 18.3. The Morgan fingerprint density at radius 3 is 2.33 bits per heavy atom. The molecule has 6 nitrogen and oxygen atoms in total. The molecule has 1 aromatic carbocycles. The van der Waals surface area contributed by atoms with Gasteiger partial charge in [0.25, 0.3) is 0 Å². The van der Waals surface area contributed by atoms with Crippen LogP contribution in [0.25, 0.3) is 11.0 Å². The minimum absolute atomic E-state index is 0.0484. The van der Waals surface area contributed by atoms with Gasteiger partial charge in [0.1, 0.15) is 6.23 Å². The monoisotopic (exact) mass is 412 g/mol. The highest BCUT2D eigenvalue weighted by Gasteiger charge is 2.33. The van der Waals surface area contributed by atoms with Crippen molar-refractivity contribution in [2.45, 2.75) is 89.6 Å². The summed E-state index contributed by atoms with van der Waals surface area (Å²) in [5.74, 6) is 1.35. The summed E-state index contributed by atoms with van der Waals surface area (Å²) in [6.45, 7) is 6.20. The van der Waals surface area contributed by atoms with Crippen LogP contribution in [0.15, 0.2) is 12.1 Å². The molecule has 0 spiro atoms. The summed E-state index contributed by atoms with van der Waals surface area (Å²) in [5, 5.41) is 24.1. The molecule has 2 heterocycles. The minimum Gasteiger partial charge on any atom is -0.392 e. The normalized spacial score (nSPS) is 27.0. The molecule has 2 aliphatic carbocycles. The number of aliphatic hydroxyl groups excluding tert-OH is 2. The largest absolute Gasteiger partial charge is 0.392 e. The van der Waals surface area contributed by atoms with Gasteiger partial charge in [-0.3, -0.25) is 5.32 Å². The van der Waals surface area contributed by atoms with Crippen LogP contribution >= 0.6 is 0 Å². The number of imidazole rings is 1. The number of nitrogens with one attached hydrogen (secondary N) is 1. The maximum Gasteiger partial charge on any atom is 0.206 e. The lowest BCUT2D eigenvalue weighted by Crippen LogP contribution is -2.49. The highest BCUT2D eigenvalue weighted by atomic mass is 16.3. The molecule has 5 rings (SSSR count). The Kier molecular flexibility index (Phi) is 5.50. The molecule has 1 aromatic heterocycles. The summed E-state index contributed by atoms with van der Waals surface area (Å²) in [6, 6.07) is 5.16. The lowest BCUT2D eigenvalue weighted by molar-refractivity contribution is 0.0303. The maximum atomic E-state index is 10.7. The number of aromatic nitrogens is 2. The van der Waals surface area contributed by atoms with Gasteiger partial charge in [0, 0.05) is 31.1 Å². The maximum absolute atomic E-state index is 10.7. The third-order valence-electron chi connectivity index (χ3n) is 7.86. The zero-order chi connectivity index (χ0) is 20.8. The summed E-state index contributed by atoms with van der Waals surface area (Å²) < 4.78 is 2.50. The Bertz CT molecular complexity index is 898. The van der Waals surface area contributed by atoms with Crippen LogP contribution in [0.5, 0.6) is 0 Å². The Morgan fingerprint density at radius 2 is 1.70 bits per heavy atom. The van der Waals surface area contributed by atoms with Gasteiger partial charge in [0.2, 0.25) is 5.95 Å². The number of hydrogen-bond donors (Lipinski definition) is 3. The number of rotatable bonds is 5. The first-order valence-corrected chi connectivity index (χ1v) is 11.9. The predicted molar refractivity (Wildman–Crippen MR) is 120 cm³/mol. The standard InChI is InChI=1S/C24H36N4O2/c1-15-13-20-21(14-16(15)2)28(18-5-3-6-18)24(26-20)27-11-9-17(10-12-27)23(30)25-19-7-4-8-22(19)29/h13-14,17-19,22-23,25,29-30H,3-12H2,1-2H3. The number of fused-ring (bicyclic) bond motifs is 1. The van der Waals surface area contributed by atoms with E-state index >= 15 is 0 Å². The third kappa shape index (κ3) is 3.63. The van der Waals surface area contributed by atoms with Gasteiger partial charge in [-0.05, 0) is 88.5 Å². The smallest absolute Gasteiger partial charge is 0.206 e. The number of aryl methyl sites for hydroxylation is 2. The fourth-order valence-corrected chi connectivity index (χ4v) is 5.47. The predicted octanol–water partition coefficient (Wildman–Crippen LogP) is 3.42. The topological polar surface area (TPSA) is 73.6 Å². The van der Waals surface area contributed by atoms with Crippen molar-refractivity contribution in [2.75, 3.05) is 18.0 Å². The van der Waals surface area contributed by atoms with Gasteiger partial charge in [-0.25, -0.2) is 4.98 Å². The molecule has 6 heteroatoms. The molecule has 1 aliphatic heterocycles. The van der Waals surface area contributed by atoms with E-state index in [9.17, 15) is 10.2 Å². The summed E-state index contributed by atoms with van der Waals surface area (Å²) >= 11 is 0. The molecule has 3 atom stereocenters. The first-order valence-electron chi connectivity index (χ1n) is 11.9. The third-order valence-corrected chi connectivity index (χ3v) is 7.86. The van der Waals surface area contributed by atoms with E-state index in [-0.39, 0.29) is 18.1 Å². The SMILES string of the molecule is Cc1cc2nc(N3CCC(C(O)NC4CCCC4O)CC3)n(C3CCC3)c2cc1C. The van der Waals surface area contributed by atoms with Crippen molar-refractivity contribution in [3.8, 4) is 0 Å². The molecule has 30 heavy (non-hydrogen) atoms. The molecule has 0 amide bonds. The molecule has 3 unspecified atom stereocenters. The van der Waals surface area contributed by atoms with E-state index in [4.69, 9.17) is 4.98 Å². The Balaban J connectivity index is 1.32. The fraction of sp³-hybridized carbons (Fsp3) is 0.708. The quantitative estimate of drug-likeness (QED) is 0.657. The van der Waals surface area contributed by atoms with Gasteiger partial charge >= 0.3 is 0 Å². The van der Waals surface area contributed by atoms with Crippen molar-refractivity contribution in [3.05, 3.63) is 23.3 Å². The van der Waals surface area contributed by atoms with Gasteiger partial charge in [-0.1, -0.05) is 0 Å². The molecular weight excluding hydrogens is 376 g/mol. The fourth-order valence-electron chi connectivity index (χ4n) is 5.47. The molecule has 1 saturated heterocycles. The second kappa shape index (κ2) is 8.13. The average molecular weight is 413 g/mol. The van der Waals surface area contributed by atoms with Crippen LogP contribution in [0.4, 0.5) is 5.95 Å². The van der Waals surface area contributed by atoms with Crippen LogP contribution in [0.2, 0.25) is 0 Å². The first-order chi connectivity index (χ1) is 14.5. The molecular formula is C24H36N4O2. The number of aliphatic hydroxyl groups is 2. The Labute approximate surface area is 179 Å². The number of benzene rings is 1. The van der Waals surface area contributed by atoms with Crippen LogP contribution < -0.4 is 10.2 Å². The summed E-state index contributed by atoms with van der Waals surface area (Å²) in [6.07, 6.45) is 7.70. The van der Waals surface area contributed by atoms with Gasteiger partial charge in [0.15, 0.2) is 0 Å². The summed E-state index contributed by atoms with van der Waals surface area (Å²) in [5.41, 5.74) is 5.02. The van der Waals surface area contributed by atoms with E-state index in [0.29, 0.717) is 6.04 Å². The van der Waals surface area contributed by atoms with Gasteiger partial charge in [-0.15, -0.1) is 0 Å². The van der Waals surface area contributed by atoms with E-state index in [1.807, 2.05) is 0 Å². The van der Waals surface area contributed by atoms with E-state index in [2.05, 4.69) is 40.8 Å². The number of piperidine rings is 1. The van der Waals surface area contributed by atoms with Crippen LogP contribution in [-0.2, 0) is 0 Å².